The minimum absolute atomic E-state index is 0.190. The zero-order chi connectivity index (χ0) is 15.5. The van der Waals surface area contributed by atoms with E-state index in [1.165, 1.54) is 0 Å². The summed E-state index contributed by atoms with van der Waals surface area (Å²) in [4.78, 5) is 13.9. The van der Waals surface area contributed by atoms with Crippen molar-refractivity contribution >= 4 is 11.9 Å². The van der Waals surface area contributed by atoms with Crippen molar-refractivity contribution in [3.8, 4) is 6.01 Å². The van der Waals surface area contributed by atoms with Crippen LogP contribution >= 0.6 is 0 Å². The summed E-state index contributed by atoms with van der Waals surface area (Å²) in [6, 6.07) is -0.320. The van der Waals surface area contributed by atoms with Crippen LogP contribution in [0, 0.1) is 0 Å². The number of alkyl halides is 3. The third kappa shape index (κ3) is 4.08. The Kier molecular flexibility index (Phi) is 4.69. The van der Waals surface area contributed by atoms with Gasteiger partial charge < -0.3 is 15.0 Å². The molecule has 1 aliphatic rings. The number of rotatable bonds is 4. The summed E-state index contributed by atoms with van der Waals surface area (Å²) in [6.07, 6.45) is -3.28. The number of nitrogens with zero attached hydrogens (tertiary/aromatic N) is 4. The van der Waals surface area contributed by atoms with Crippen molar-refractivity contribution in [1.82, 2.24) is 15.0 Å². The van der Waals surface area contributed by atoms with Gasteiger partial charge in [0, 0.05) is 20.1 Å². The van der Waals surface area contributed by atoms with Crippen LogP contribution in [0.4, 0.5) is 25.1 Å². The van der Waals surface area contributed by atoms with Crippen molar-refractivity contribution < 1.29 is 17.9 Å². The Labute approximate surface area is 120 Å². The lowest BCUT2D eigenvalue weighted by molar-refractivity contribution is -0.190. The molecule has 9 heteroatoms. The molecule has 0 amide bonds. The number of ether oxygens (including phenoxy) is 1. The van der Waals surface area contributed by atoms with Gasteiger partial charge >= 0.3 is 12.2 Å². The van der Waals surface area contributed by atoms with Crippen molar-refractivity contribution in [3.05, 3.63) is 0 Å². The first-order valence-corrected chi connectivity index (χ1v) is 6.82. The third-order valence-electron chi connectivity index (χ3n) is 3.21. The van der Waals surface area contributed by atoms with Crippen LogP contribution in [0.1, 0.15) is 26.2 Å². The summed E-state index contributed by atoms with van der Waals surface area (Å²) in [5.74, 6) is 0.536. The fourth-order valence-electron chi connectivity index (χ4n) is 1.97. The molecule has 0 aliphatic carbocycles. The molecule has 6 nitrogen and oxygen atoms in total. The minimum Gasteiger partial charge on any atom is -0.451 e. The highest BCUT2D eigenvalue weighted by Crippen LogP contribution is 2.25. The Morgan fingerprint density at radius 1 is 1.14 bits per heavy atom. The maximum atomic E-state index is 12.6. The molecule has 1 N–H and O–H groups in total. The SMILES string of the molecule is CNc1nc(OC(C)C(F)(F)F)nc(N2CCCCC2)n1. The second-order valence-electron chi connectivity index (χ2n) is 4.84. The Balaban J connectivity index is 2.20. The van der Waals surface area contributed by atoms with Crippen LogP contribution in [-0.4, -0.2) is 47.4 Å². The number of hydrogen-bond donors (Lipinski definition) is 1. The fraction of sp³-hybridized carbons (Fsp3) is 0.750. The maximum Gasteiger partial charge on any atom is 0.425 e. The second kappa shape index (κ2) is 6.31. The number of halogens is 3. The summed E-state index contributed by atoms with van der Waals surface area (Å²) < 4.78 is 42.4. The van der Waals surface area contributed by atoms with Crippen LogP contribution in [0.3, 0.4) is 0 Å². The zero-order valence-corrected chi connectivity index (χ0v) is 11.9. The van der Waals surface area contributed by atoms with Gasteiger partial charge in [0.2, 0.25) is 11.9 Å². The van der Waals surface area contributed by atoms with Crippen molar-refractivity contribution in [1.29, 1.82) is 0 Å². The molecular formula is C12H18F3N5O. The van der Waals surface area contributed by atoms with E-state index in [0.29, 0.717) is 5.95 Å². The van der Waals surface area contributed by atoms with Crippen molar-refractivity contribution in [2.24, 2.45) is 0 Å². The molecule has 0 radical (unpaired) electrons. The van der Waals surface area contributed by atoms with Gasteiger partial charge in [-0.3, -0.25) is 0 Å². The second-order valence-corrected chi connectivity index (χ2v) is 4.84. The normalized spacial score (nSPS) is 17.5. The van der Waals surface area contributed by atoms with Gasteiger partial charge in [0.15, 0.2) is 6.10 Å². The van der Waals surface area contributed by atoms with Gasteiger partial charge in [0.05, 0.1) is 0 Å². The smallest absolute Gasteiger partial charge is 0.425 e. The van der Waals surface area contributed by atoms with Crippen LogP contribution < -0.4 is 15.0 Å². The van der Waals surface area contributed by atoms with E-state index in [4.69, 9.17) is 4.74 Å². The summed E-state index contributed by atoms with van der Waals surface area (Å²) >= 11 is 0. The molecule has 1 aromatic rings. The predicted octanol–water partition coefficient (Wildman–Crippen LogP) is 2.23. The molecular weight excluding hydrogens is 287 g/mol. The molecule has 1 atom stereocenters. The van der Waals surface area contributed by atoms with E-state index in [1.807, 2.05) is 4.90 Å². The minimum atomic E-state index is -4.46. The van der Waals surface area contributed by atoms with Gasteiger partial charge in [-0.2, -0.15) is 28.1 Å². The van der Waals surface area contributed by atoms with Crippen molar-refractivity contribution in [2.75, 3.05) is 30.4 Å². The van der Waals surface area contributed by atoms with Crippen molar-refractivity contribution in [2.45, 2.75) is 38.5 Å². The van der Waals surface area contributed by atoms with E-state index in [9.17, 15) is 13.2 Å². The lowest BCUT2D eigenvalue weighted by atomic mass is 10.1. The monoisotopic (exact) mass is 305 g/mol. The standard InChI is InChI=1S/C12H18F3N5O/c1-8(12(13,14)15)21-11-18-9(16-2)17-10(19-11)20-6-4-3-5-7-20/h8H,3-7H2,1-2H3,(H,16,17,18,19). The molecule has 0 aromatic carbocycles. The molecule has 0 saturated carbocycles. The first kappa shape index (κ1) is 15.6. The van der Waals surface area contributed by atoms with E-state index < -0.39 is 12.3 Å². The summed E-state index contributed by atoms with van der Waals surface area (Å²) in [5, 5.41) is 2.71. The topological polar surface area (TPSA) is 63.2 Å². The largest absolute Gasteiger partial charge is 0.451 e. The fourth-order valence-corrected chi connectivity index (χ4v) is 1.97. The molecule has 1 saturated heterocycles. The van der Waals surface area contributed by atoms with E-state index in [2.05, 4.69) is 20.3 Å². The molecule has 118 valence electrons. The lowest BCUT2D eigenvalue weighted by Gasteiger charge is -2.27. The summed E-state index contributed by atoms with van der Waals surface area (Å²) in [5.41, 5.74) is 0. The molecule has 1 fully saturated rings. The van der Waals surface area contributed by atoms with Gasteiger partial charge in [0.1, 0.15) is 0 Å². The molecule has 2 heterocycles. The highest BCUT2D eigenvalue weighted by atomic mass is 19.4. The molecule has 1 aliphatic heterocycles. The van der Waals surface area contributed by atoms with E-state index in [0.717, 1.165) is 39.3 Å². The molecule has 21 heavy (non-hydrogen) atoms. The van der Waals surface area contributed by atoms with Gasteiger partial charge in [-0.1, -0.05) is 0 Å². The average molecular weight is 305 g/mol. The Hall–Kier alpha value is -1.80. The molecule has 0 spiro atoms. The quantitative estimate of drug-likeness (QED) is 0.920. The van der Waals surface area contributed by atoms with Crippen LogP contribution in [0.15, 0.2) is 0 Å². The number of anilines is 2. The molecule has 2 rings (SSSR count). The number of hydrogen-bond acceptors (Lipinski definition) is 6. The lowest BCUT2D eigenvalue weighted by Crippen LogP contribution is -2.33. The van der Waals surface area contributed by atoms with Crippen LogP contribution in [0.25, 0.3) is 0 Å². The first-order chi connectivity index (χ1) is 9.90. The Morgan fingerprint density at radius 3 is 2.38 bits per heavy atom. The third-order valence-corrected chi connectivity index (χ3v) is 3.21. The molecule has 0 bridgehead atoms. The van der Waals surface area contributed by atoms with E-state index >= 15 is 0 Å². The average Bonchev–Trinajstić information content (AvgIpc) is 2.46. The number of nitrogens with one attached hydrogen (secondary N) is 1. The molecule has 1 unspecified atom stereocenters. The highest BCUT2D eigenvalue weighted by molar-refractivity contribution is 5.38. The summed E-state index contributed by atoms with van der Waals surface area (Å²) in [7, 11) is 1.59. The van der Waals surface area contributed by atoms with Crippen LogP contribution in [0.2, 0.25) is 0 Å². The zero-order valence-electron chi connectivity index (χ0n) is 11.9. The highest BCUT2D eigenvalue weighted by Gasteiger charge is 2.38. The van der Waals surface area contributed by atoms with Crippen LogP contribution in [-0.2, 0) is 0 Å². The Bertz CT molecular complexity index is 476. The Morgan fingerprint density at radius 2 is 1.81 bits per heavy atom. The van der Waals surface area contributed by atoms with Crippen LogP contribution in [0.5, 0.6) is 6.01 Å². The van der Waals surface area contributed by atoms with Gasteiger partial charge in [-0.05, 0) is 26.2 Å². The number of piperidine rings is 1. The number of aromatic nitrogens is 3. The maximum absolute atomic E-state index is 12.6. The summed E-state index contributed by atoms with van der Waals surface area (Å²) in [6.45, 7) is 2.48. The van der Waals surface area contributed by atoms with Crippen molar-refractivity contribution in [3.63, 3.8) is 0 Å². The van der Waals surface area contributed by atoms with E-state index in [1.54, 1.807) is 7.05 Å². The van der Waals surface area contributed by atoms with Gasteiger partial charge in [-0.15, -0.1) is 0 Å². The predicted molar refractivity (Wildman–Crippen MR) is 71.6 cm³/mol. The van der Waals surface area contributed by atoms with Gasteiger partial charge in [0.25, 0.3) is 0 Å². The van der Waals surface area contributed by atoms with E-state index in [-0.39, 0.29) is 12.0 Å². The molecule has 1 aromatic heterocycles. The first-order valence-electron chi connectivity index (χ1n) is 6.82. The van der Waals surface area contributed by atoms with Gasteiger partial charge in [-0.25, -0.2) is 0 Å².